The fourth-order valence-electron chi connectivity index (χ4n) is 3.42. The molecule has 1 aromatic heterocycles. The molecule has 2 aromatic carbocycles. The summed E-state index contributed by atoms with van der Waals surface area (Å²) in [6.07, 6.45) is -6.35. The minimum absolute atomic E-state index is 0.0390. The average molecular weight is 479 g/mol. The fourth-order valence-corrected chi connectivity index (χ4v) is 3.42. The summed E-state index contributed by atoms with van der Waals surface area (Å²) < 4.78 is 78.6. The molecule has 0 unspecified atom stereocenters. The number of nitrogens with zero attached hydrogens (tertiary/aromatic N) is 1. The van der Waals surface area contributed by atoms with E-state index >= 15 is 0 Å². The van der Waals surface area contributed by atoms with Crippen molar-refractivity contribution in [2.45, 2.75) is 38.0 Å². The van der Waals surface area contributed by atoms with Crippen molar-refractivity contribution < 1.29 is 35.9 Å². The highest BCUT2D eigenvalue weighted by molar-refractivity contribution is 5.97. The summed E-state index contributed by atoms with van der Waals surface area (Å²) >= 11 is 0. The molecular formula is C25H19F6NO2. The van der Waals surface area contributed by atoms with Gasteiger partial charge in [-0.15, -0.1) is 0 Å². The molecule has 178 valence electrons. The third-order valence-electron chi connectivity index (χ3n) is 5.18. The normalized spacial score (nSPS) is 11.9. The first kappa shape index (κ1) is 25.1. The minimum atomic E-state index is -4.90. The molecule has 0 spiro atoms. The second-order valence-electron chi connectivity index (χ2n) is 7.74. The van der Waals surface area contributed by atoms with Crippen molar-refractivity contribution in [1.82, 2.24) is 4.98 Å². The molecule has 9 heteroatoms. The van der Waals surface area contributed by atoms with Crippen molar-refractivity contribution in [3.05, 3.63) is 100 Å². The second kappa shape index (κ2) is 10.2. The quantitative estimate of drug-likeness (QED) is 0.282. The largest absolute Gasteiger partial charge is 0.416 e. The lowest BCUT2D eigenvalue weighted by Gasteiger charge is -2.15. The van der Waals surface area contributed by atoms with E-state index < -0.39 is 41.2 Å². The van der Waals surface area contributed by atoms with Gasteiger partial charge in [0.2, 0.25) is 0 Å². The van der Waals surface area contributed by atoms with E-state index in [1.807, 2.05) is 6.07 Å². The molecule has 0 fully saturated rings. The van der Waals surface area contributed by atoms with Gasteiger partial charge < -0.3 is 0 Å². The summed E-state index contributed by atoms with van der Waals surface area (Å²) in [6, 6.07) is 10.4. The van der Waals surface area contributed by atoms with Crippen LogP contribution in [0.15, 0.2) is 67.0 Å². The molecule has 3 aromatic rings. The van der Waals surface area contributed by atoms with Gasteiger partial charge in [-0.25, -0.2) is 0 Å². The number of aromatic nitrogens is 1. The number of benzene rings is 2. The van der Waals surface area contributed by atoms with E-state index in [0.29, 0.717) is 36.6 Å². The standard InChI is InChI=1S/C25H19F6NO2/c26-24(27,28)20-8-10-22(25(29,30)31)19(13-20)14-23(34)18-6-3-16(4-7-18)12-21(33)9-5-17-2-1-11-32-15-17/h1-4,6-8,10-11,13,15H,5,9,12,14H2. The number of rotatable bonds is 8. The first-order valence-corrected chi connectivity index (χ1v) is 10.2. The molecule has 0 aliphatic rings. The molecule has 0 atom stereocenters. The van der Waals surface area contributed by atoms with Gasteiger partial charge in [0.25, 0.3) is 0 Å². The number of pyridine rings is 1. The van der Waals surface area contributed by atoms with Crippen molar-refractivity contribution in [3.63, 3.8) is 0 Å². The molecule has 3 nitrogen and oxygen atoms in total. The lowest BCUT2D eigenvalue weighted by Crippen LogP contribution is -2.15. The molecule has 3 rings (SSSR count). The molecule has 0 amide bonds. The Balaban J connectivity index is 1.68. The Bertz CT molecular complexity index is 1150. The number of halogens is 6. The van der Waals surface area contributed by atoms with Crippen LogP contribution < -0.4 is 0 Å². The van der Waals surface area contributed by atoms with Crippen LogP contribution >= 0.6 is 0 Å². The summed E-state index contributed by atoms with van der Waals surface area (Å²) in [7, 11) is 0. The minimum Gasteiger partial charge on any atom is -0.299 e. The summed E-state index contributed by atoms with van der Waals surface area (Å²) in [5.41, 5.74) is -1.72. The number of hydrogen-bond donors (Lipinski definition) is 0. The number of aryl methyl sites for hydroxylation is 1. The maximum atomic E-state index is 13.2. The Labute approximate surface area is 191 Å². The molecule has 0 saturated heterocycles. The third-order valence-corrected chi connectivity index (χ3v) is 5.18. The van der Waals surface area contributed by atoms with E-state index in [2.05, 4.69) is 4.98 Å². The van der Waals surface area contributed by atoms with Crippen LogP contribution in [0.25, 0.3) is 0 Å². The van der Waals surface area contributed by atoms with Gasteiger partial charge in [0, 0.05) is 37.2 Å². The summed E-state index contributed by atoms with van der Waals surface area (Å²) in [5, 5.41) is 0. The maximum absolute atomic E-state index is 13.2. The van der Waals surface area contributed by atoms with Crippen LogP contribution in [-0.4, -0.2) is 16.6 Å². The predicted octanol–water partition coefficient (Wildman–Crippen LogP) is 6.29. The molecule has 0 aliphatic carbocycles. The number of Topliss-reactive ketones (excluding diaryl/α,β-unsaturated/α-hetero) is 2. The zero-order chi connectivity index (χ0) is 24.9. The number of carbonyl (C=O) groups excluding carboxylic acids is 2. The van der Waals surface area contributed by atoms with E-state index in [4.69, 9.17) is 0 Å². The Morgan fingerprint density at radius 1 is 0.794 bits per heavy atom. The van der Waals surface area contributed by atoms with Crippen molar-refractivity contribution in [1.29, 1.82) is 0 Å². The Morgan fingerprint density at radius 2 is 1.50 bits per heavy atom. The highest BCUT2D eigenvalue weighted by atomic mass is 19.4. The topological polar surface area (TPSA) is 47.0 Å². The van der Waals surface area contributed by atoms with Crippen LogP contribution in [0, 0.1) is 0 Å². The van der Waals surface area contributed by atoms with Crippen LogP contribution in [0.5, 0.6) is 0 Å². The molecule has 0 bridgehead atoms. The SMILES string of the molecule is O=C(CCc1cccnc1)Cc1ccc(C(=O)Cc2cc(C(F)(F)F)ccc2C(F)(F)F)cc1. The van der Waals surface area contributed by atoms with Crippen molar-refractivity contribution in [2.24, 2.45) is 0 Å². The predicted molar refractivity (Wildman–Crippen MR) is 112 cm³/mol. The van der Waals surface area contributed by atoms with Crippen LogP contribution in [0.2, 0.25) is 0 Å². The molecule has 0 saturated carbocycles. The van der Waals surface area contributed by atoms with Crippen LogP contribution in [0.1, 0.15) is 44.6 Å². The fraction of sp³-hybridized carbons (Fsp3) is 0.240. The van der Waals surface area contributed by atoms with Gasteiger partial charge in [0.05, 0.1) is 11.1 Å². The van der Waals surface area contributed by atoms with Crippen molar-refractivity contribution in [2.75, 3.05) is 0 Å². The van der Waals surface area contributed by atoms with Crippen LogP contribution in [0.3, 0.4) is 0 Å². The first-order chi connectivity index (χ1) is 15.9. The van der Waals surface area contributed by atoms with Gasteiger partial charge in [0.15, 0.2) is 5.78 Å². The van der Waals surface area contributed by atoms with E-state index in [0.717, 1.165) is 5.56 Å². The highest BCUT2D eigenvalue weighted by Gasteiger charge is 2.37. The Hall–Kier alpha value is -3.49. The lowest BCUT2D eigenvalue weighted by molar-refractivity contribution is -0.141. The van der Waals surface area contributed by atoms with Gasteiger partial charge in [-0.05, 0) is 47.4 Å². The second-order valence-corrected chi connectivity index (χ2v) is 7.74. The van der Waals surface area contributed by atoms with Gasteiger partial charge in [0.1, 0.15) is 5.78 Å². The van der Waals surface area contributed by atoms with Gasteiger partial charge in [-0.3, -0.25) is 14.6 Å². The van der Waals surface area contributed by atoms with Gasteiger partial charge in [-0.1, -0.05) is 30.3 Å². The average Bonchev–Trinajstić information content (AvgIpc) is 2.77. The number of ketones is 2. The Morgan fingerprint density at radius 3 is 2.09 bits per heavy atom. The van der Waals surface area contributed by atoms with Crippen LogP contribution in [0.4, 0.5) is 26.3 Å². The van der Waals surface area contributed by atoms with Crippen LogP contribution in [-0.2, 0) is 36.4 Å². The Kier molecular flexibility index (Phi) is 7.54. The number of alkyl halides is 6. The molecule has 34 heavy (non-hydrogen) atoms. The monoisotopic (exact) mass is 479 g/mol. The molecule has 1 heterocycles. The first-order valence-electron chi connectivity index (χ1n) is 10.2. The summed E-state index contributed by atoms with van der Waals surface area (Å²) in [4.78, 5) is 28.7. The maximum Gasteiger partial charge on any atom is 0.416 e. The van der Waals surface area contributed by atoms with Gasteiger partial charge in [-0.2, -0.15) is 26.3 Å². The summed E-state index contributed by atoms with van der Waals surface area (Å²) in [5.74, 6) is -0.805. The highest BCUT2D eigenvalue weighted by Crippen LogP contribution is 2.37. The van der Waals surface area contributed by atoms with Gasteiger partial charge >= 0.3 is 12.4 Å². The third kappa shape index (κ3) is 6.76. The van der Waals surface area contributed by atoms with E-state index in [9.17, 15) is 35.9 Å². The van der Waals surface area contributed by atoms with Crippen molar-refractivity contribution >= 4 is 11.6 Å². The zero-order valence-corrected chi connectivity index (χ0v) is 17.7. The number of hydrogen-bond acceptors (Lipinski definition) is 3. The summed E-state index contributed by atoms with van der Waals surface area (Å²) in [6.45, 7) is 0. The number of carbonyl (C=O) groups is 2. The molecular weight excluding hydrogens is 460 g/mol. The lowest BCUT2D eigenvalue weighted by atomic mass is 9.95. The molecule has 0 aliphatic heterocycles. The van der Waals surface area contributed by atoms with E-state index in [-0.39, 0.29) is 17.8 Å². The van der Waals surface area contributed by atoms with E-state index in [1.54, 1.807) is 18.5 Å². The zero-order valence-electron chi connectivity index (χ0n) is 17.7. The molecule has 0 radical (unpaired) electrons. The molecule has 0 N–H and O–H groups in total. The smallest absolute Gasteiger partial charge is 0.299 e. The van der Waals surface area contributed by atoms with Crippen molar-refractivity contribution in [3.8, 4) is 0 Å². The van der Waals surface area contributed by atoms with E-state index in [1.165, 1.54) is 24.3 Å².